The first-order chi connectivity index (χ1) is 7.57. The van der Waals surface area contributed by atoms with Crippen LogP contribution < -0.4 is 9.16 Å². The van der Waals surface area contributed by atoms with Crippen molar-refractivity contribution in [3.05, 3.63) is 24.3 Å². The molecule has 0 N–H and O–H groups in total. The highest BCUT2D eigenvalue weighted by Gasteiger charge is 2.26. The third-order valence-corrected chi connectivity index (χ3v) is 3.70. The minimum absolute atomic E-state index is 0.759. The molecule has 0 saturated heterocycles. The van der Waals surface area contributed by atoms with E-state index in [1.54, 1.807) is 7.11 Å². The van der Waals surface area contributed by atoms with Gasteiger partial charge in [0.15, 0.2) is 0 Å². The fourth-order valence-electron chi connectivity index (χ4n) is 1.30. The Morgan fingerprint density at radius 2 is 1.62 bits per heavy atom. The van der Waals surface area contributed by atoms with Gasteiger partial charge in [-0.05, 0) is 43.8 Å². The van der Waals surface area contributed by atoms with E-state index in [1.807, 2.05) is 37.4 Å². The third kappa shape index (κ3) is 4.24. The molecule has 0 amide bonds. The summed E-state index contributed by atoms with van der Waals surface area (Å²) < 4.78 is 16.7. The molecular formula is C12H20O3Si. The molecule has 1 aromatic carbocycles. The summed E-state index contributed by atoms with van der Waals surface area (Å²) in [6.45, 7) is 6.95. The summed E-state index contributed by atoms with van der Waals surface area (Å²) in [7, 11) is -0.382. The molecule has 0 radical (unpaired) electrons. The van der Waals surface area contributed by atoms with Gasteiger partial charge >= 0.3 is 8.56 Å². The van der Waals surface area contributed by atoms with Crippen molar-refractivity contribution in [1.82, 2.24) is 0 Å². The third-order valence-electron chi connectivity index (χ3n) is 2.08. The lowest BCUT2D eigenvalue weighted by atomic mass is 10.3. The zero-order valence-electron chi connectivity index (χ0n) is 10.4. The summed E-state index contributed by atoms with van der Waals surface area (Å²) in [6.07, 6.45) is 1.02. The van der Waals surface area contributed by atoms with Crippen molar-refractivity contribution in [2.45, 2.75) is 26.4 Å². The average molecular weight is 240 g/mol. The summed E-state index contributed by atoms with van der Waals surface area (Å²) >= 11 is 0. The molecule has 1 rings (SSSR count). The molecule has 0 aliphatic carbocycles. The summed E-state index contributed by atoms with van der Waals surface area (Å²) in [5.74, 6) is 1.68. The molecule has 3 nitrogen and oxygen atoms in total. The average Bonchev–Trinajstić information content (AvgIpc) is 2.27. The first-order valence-corrected chi connectivity index (χ1v) is 8.36. The van der Waals surface area contributed by atoms with E-state index < -0.39 is 8.56 Å². The lowest BCUT2D eigenvalue weighted by molar-refractivity contribution is 0.248. The van der Waals surface area contributed by atoms with E-state index >= 15 is 0 Å². The van der Waals surface area contributed by atoms with Crippen molar-refractivity contribution in [3.8, 4) is 11.5 Å². The largest absolute Gasteiger partial charge is 0.520 e. The van der Waals surface area contributed by atoms with Gasteiger partial charge < -0.3 is 13.6 Å². The zero-order valence-corrected chi connectivity index (χ0v) is 11.4. The SMILES string of the molecule is CCCO[Si](C)(C)Oc1ccc(OC)cc1. The molecule has 0 spiro atoms. The van der Waals surface area contributed by atoms with Crippen molar-refractivity contribution in [3.63, 3.8) is 0 Å². The number of methoxy groups -OCH3 is 1. The molecule has 90 valence electrons. The molecule has 0 bridgehead atoms. The zero-order chi connectivity index (χ0) is 12.0. The number of ether oxygens (including phenoxy) is 1. The lowest BCUT2D eigenvalue weighted by Gasteiger charge is -2.23. The molecule has 0 fully saturated rings. The van der Waals surface area contributed by atoms with Gasteiger partial charge in [-0.3, -0.25) is 0 Å². The minimum atomic E-state index is -2.03. The molecule has 0 saturated carbocycles. The van der Waals surface area contributed by atoms with Crippen molar-refractivity contribution in [1.29, 1.82) is 0 Å². The Labute approximate surface area is 98.6 Å². The summed E-state index contributed by atoms with van der Waals surface area (Å²) in [5.41, 5.74) is 0. The van der Waals surface area contributed by atoms with Crippen LogP contribution in [0.15, 0.2) is 24.3 Å². The maximum Gasteiger partial charge on any atom is 0.392 e. The van der Waals surface area contributed by atoms with Crippen LogP contribution in [0.4, 0.5) is 0 Å². The summed E-state index contributed by atoms with van der Waals surface area (Å²) in [5, 5.41) is 0. The van der Waals surface area contributed by atoms with Crippen LogP contribution in [0.2, 0.25) is 13.1 Å². The maximum absolute atomic E-state index is 5.86. The van der Waals surface area contributed by atoms with Crippen LogP contribution in [0.3, 0.4) is 0 Å². The Kier molecular flexibility index (Phi) is 4.83. The quantitative estimate of drug-likeness (QED) is 0.715. The highest BCUT2D eigenvalue weighted by atomic mass is 28.4. The Balaban J connectivity index is 2.57. The monoisotopic (exact) mass is 240 g/mol. The van der Waals surface area contributed by atoms with Crippen LogP contribution in [0.25, 0.3) is 0 Å². The molecule has 0 aliphatic rings. The predicted octanol–water partition coefficient (Wildman–Crippen LogP) is 3.20. The Hall–Kier alpha value is -1.00. The van der Waals surface area contributed by atoms with Crippen molar-refractivity contribution >= 4 is 8.56 Å². The molecule has 0 aromatic heterocycles. The fourth-order valence-corrected chi connectivity index (χ4v) is 2.76. The summed E-state index contributed by atoms with van der Waals surface area (Å²) in [4.78, 5) is 0. The van der Waals surface area contributed by atoms with E-state index in [9.17, 15) is 0 Å². The van der Waals surface area contributed by atoms with Crippen molar-refractivity contribution < 1.29 is 13.6 Å². The minimum Gasteiger partial charge on any atom is -0.520 e. The predicted molar refractivity (Wildman–Crippen MR) is 67.3 cm³/mol. The van der Waals surface area contributed by atoms with E-state index in [2.05, 4.69) is 6.92 Å². The molecule has 0 unspecified atom stereocenters. The summed E-state index contributed by atoms with van der Waals surface area (Å²) in [6, 6.07) is 7.59. The van der Waals surface area contributed by atoms with Gasteiger partial charge in [0.25, 0.3) is 0 Å². The first-order valence-electron chi connectivity index (χ1n) is 5.54. The van der Waals surface area contributed by atoms with Crippen LogP contribution in [-0.2, 0) is 4.43 Å². The van der Waals surface area contributed by atoms with Gasteiger partial charge in [0.05, 0.1) is 7.11 Å². The smallest absolute Gasteiger partial charge is 0.392 e. The Morgan fingerprint density at radius 3 is 2.12 bits per heavy atom. The van der Waals surface area contributed by atoms with E-state index in [-0.39, 0.29) is 0 Å². The Morgan fingerprint density at radius 1 is 1.06 bits per heavy atom. The standard InChI is InChI=1S/C12H20O3Si/c1-5-10-14-16(3,4)15-12-8-6-11(13-2)7-9-12/h6-9H,5,10H2,1-4H3. The number of rotatable bonds is 6. The van der Waals surface area contributed by atoms with Crippen LogP contribution in [0.5, 0.6) is 11.5 Å². The normalized spacial score (nSPS) is 11.2. The number of benzene rings is 1. The molecule has 0 atom stereocenters. The van der Waals surface area contributed by atoms with Gasteiger partial charge in [-0.1, -0.05) is 6.92 Å². The molecule has 16 heavy (non-hydrogen) atoms. The van der Waals surface area contributed by atoms with Gasteiger partial charge in [-0.15, -0.1) is 0 Å². The fraction of sp³-hybridized carbons (Fsp3) is 0.500. The van der Waals surface area contributed by atoms with Crippen LogP contribution >= 0.6 is 0 Å². The van der Waals surface area contributed by atoms with Crippen molar-refractivity contribution in [2.75, 3.05) is 13.7 Å². The second-order valence-corrected chi connectivity index (χ2v) is 7.32. The van der Waals surface area contributed by atoms with Crippen LogP contribution in [0.1, 0.15) is 13.3 Å². The Bertz CT molecular complexity index is 309. The van der Waals surface area contributed by atoms with Gasteiger partial charge in [-0.25, -0.2) is 0 Å². The topological polar surface area (TPSA) is 27.7 Å². The molecule has 0 aliphatic heterocycles. The van der Waals surface area contributed by atoms with Crippen LogP contribution in [0, 0.1) is 0 Å². The van der Waals surface area contributed by atoms with E-state index in [1.165, 1.54) is 0 Å². The molecule has 4 heteroatoms. The molecule has 0 heterocycles. The van der Waals surface area contributed by atoms with Gasteiger partial charge in [0.1, 0.15) is 11.5 Å². The van der Waals surface area contributed by atoms with Crippen LogP contribution in [-0.4, -0.2) is 22.3 Å². The number of hydrogen-bond acceptors (Lipinski definition) is 3. The van der Waals surface area contributed by atoms with E-state index in [4.69, 9.17) is 13.6 Å². The van der Waals surface area contributed by atoms with Crippen molar-refractivity contribution in [2.24, 2.45) is 0 Å². The van der Waals surface area contributed by atoms with Gasteiger partial charge in [0.2, 0.25) is 0 Å². The van der Waals surface area contributed by atoms with Gasteiger partial charge in [-0.2, -0.15) is 0 Å². The van der Waals surface area contributed by atoms with Gasteiger partial charge in [0, 0.05) is 6.61 Å². The second-order valence-electron chi connectivity index (χ2n) is 4.03. The lowest BCUT2D eigenvalue weighted by Crippen LogP contribution is -2.38. The molecule has 1 aromatic rings. The molecular weight excluding hydrogens is 220 g/mol. The second kappa shape index (κ2) is 5.91. The van der Waals surface area contributed by atoms with E-state index in [0.29, 0.717) is 0 Å². The first kappa shape index (κ1) is 13.1. The highest BCUT2D eigenvalue weighted by Crippen LogP contribution is 2.20. The highest BCUT2D eigenvalue weighted by molar-refractivity contribution is 6.65. The van der Waals surface area contributed by atoms with E-state index in [0.717, 1.165) is 24.5 Å². The number of hydrogen-bond donors (Lipinski definition) is 0. The maximum atomic E-state index is 5.86.